The van der Waals surface area contributed by atoms with E-state index in [-0.39, 0.29) is 34.0 Å². The summed E-state index contributed by atoms with van der Waals surface area (Å²) >= 11 is 6.24. The Hall–Kier alpha value is -2.43. The molecule has 0 radical (unpaired) electrons. The number of aliphatic hydroxyl groups is 2. The van der Waals surface area contributed by atoms with E-state index in [1.165, 1.54) is 34.4 Å². The number of aliphatic hydroxyl groups excluding tert-OH is 2. The second kappa shape index (κ2) is 12.4. The zero-order valence-corrected chi connectivity index (χ0v) is 28.9. The molecular weight excluding hydrogens is 714 g/mol. The minimum absolute atomic E-state index is 0.107. The second-order valence-corrected chi connectivity index (χ2v) is 19.6. The lowest BCUT2D eigenvalue weighted by molar-refractivity contribution is -0.0595. The molecule has 24 heteroatoms. The van der Waals surface area contributed by atoms with Gasteiger partial charge in [0.1, 0.15) is 60.3 Å². The van der Waals surface area contributed by atoms with Crippen molar-refractivity contribution in [3.8, 4) is 0 Å². The minimum Gasteiger partial charge on any atom is -0.387 e. The molecule has 260 valence electrons. The van der Waals surface area contributed by atoms with Crippen LogP contribution in [0.25, 0.3) is 22.3 Å². The number of nitrogen functional groups attached to an aromatic ring is 2. The molecule has 10 atom stereocenters. The van der Waals surface area contributed by atoms with Crippen molar-refractivity contribution in [3.05, 3.63) is 25.3 Å². The van der Waals surface area contributed by atoms with Gasteiger partial charge in [0.25, 0.3) is 0 Å². The molecule has 3 saturated heterocycles. The molecule has 3 aliphatic rings. The smallest absolute Gasteiger partial charge is 0.387 e. The topological polar surface area (TPSA) is 272 Å². The highest BCUT2D eigenvalue weighted by Crippen LogP contribution is 2.67. The van der Waals surface area contributed by atoms with Crippen LogP contribution in [0.2, 0.25) is 0 Å². The fourth-order valence-corrected chi connectivity index (χ4v) is 11.5. The van der Waals surface area contributed by atoms with Gasteiger partial charge in [0.2, 0.25) is 0 Å². The Balaban J connectivity index is 1.25. The molecule has 7 heterocycles. The number of anilines is 2. The molecule has 3 aliphatic heterocycles. The molecule has 0 aliphatic carbocycles. The highest BCUT2D eigenvalue weighted by Gasteiger charge is 2.54. The van der Waals surface area contributed by atoms with E-state index in [1.54, 1.807) is 20.8 Å². The van der Waals surface area contributed by atoms with Crippen LogP contribution in [-0.4, -0.2) is 109 Å². The van der Waals surface area contributed by atoms with E-state index < -0.39 is 80.6 Å². The fourth-order valence-electron chi connectivity index (χ4n) is 5.60. The molecule has 0 amide bonds. The quantitative estimate of drug-likeness (QED) is 0.183. The summed E-state index contributed by atoms with van der Waals surface area (Å²) in [6.45, 7) is -3.94. The highest BCUT2D eigenvalue weighted by molar-refractivity contribution is 8.55. The third-order valence-corrected chi connectivity index (χ3v) is 13.8. The summed E-state index contributed by atoms with van der Waals surface area (Å²) < 4.78 is 52.7. The maximum Gasteiger partial charge on any atom is 0.390 e. The number of hydrogen-bond acceptors (Lipinski definition) is 19. The minimum atomic E-state index is -4.20. The molecule has 0 spiro atoms. The summed E-state index contributed by atoms with van der Waals surface area (Å²) in [5, 5.41) is 23.0. The Labute approximate surface area is 281 Å². The number of fused-ring (bicyclic) bond motifs is 5. The fraction of sp³-hybridized carbons (Fsp3) is 0.583. The van der Waals surface area contributed by atoms with Crippen molar-refractivity contribution >= 4 is 70.7 Å². The van der Waals surface area contributed by atoms with Crippen LogP contribution in [0, 0.1) is 0 Å². The summed E-state index contributed by atoms with van der Waals surface area (Å²) in [7, 11) is 0. The normalized spacial score (nSPS) is 36.5. The van der Waals surface area contributed by atoms with Gasteiger partial charge in [0.05, 0.1) is 25.9 Å². The zero-order valence-electron chi connectivity index (χ0n) is 25.5. The molecule has 4 aromatic rings. The van der Waals surface area contributed by atoms with Gasteiger partial charge in [0, 0.05) is 4.75 Å². The van der Waals surface area contributed by atoms with Gasteiger partial charge >= 0.3 is 13.5 Å². The largest absolute Gasteiger partial charge is 0.390 e. The molecule has 2 bridgehead atoms. The van der Waals surface area contributed by atoms with Gasteiger partial charge in [-0.3, -0.25) is 22.7 Å². The van der Waals surface area contributed by atoms with Crippen LogP contribution < -0.4 is 11.5 Å². The summed E-state index contributed by atoms with van der Waals surface area (Å²) in [6, 6.07) is 0. The molecule has 20 nitrogen and oxygen atoms in total. The van der Waals surface area contributed by atoms with Gasteiger partial charge in [0.15, 0.2) is 35.4 Å². The molecule has 7 rings (SSSR count). The summed E-state index contributed by atoms with van der Waals surface area (Å²) in [5.41, 5.74) is 13.0. The van der Waals surface area contributed by atoms with Crippen molar-refractivity contribution in [1.29, 1.82) is 0 Å². The van der Waals surface area contributed by atoms with E-state index >= 15 is 0 Å². The maximum absolute atomic E-state index is 14.5. The van der Waals surface area contributed by atoms with E-state index in [0.29, 0.717) is 0 Å². The van der Waals surface area contributed by atoms with Gasteiger partial charge < -0.3 is 40.6 Å². The van der Waals surface area contributed by atoms with Gasteiger partial charge in [-0.25, -0.2) is 34.5 Å². The average Bonchev–Trinajstić information content (AvgIpc) is 3.76. The molecule has 0 aromatic carbocycles. The first-order chi connectivity index (χ1) is 22.6. The van der Waals surface area contributed by atoms with Crippen LogP contribution in [0.1, 0.15) is 33.2 Å². The summed E-state index contributed by atoms with van der Waals surface area (Å²) in [4.78, 5) is 36.1. The van der Waals surface area contributed by atoms with Crippen LogP contribution in [0.15, 0.2) is 25.3 Å². The highest BCUT2D eigenvalue weighted by atomic mass is 32.7. The first kappa shape index (κ1) is 34.0. The Bertz CT molecular complexity index is 1950. The van der Waals surface area contributed by atoms with Crippen LogP contribution in [0.5, 0.6) is 0 Å². The standard InChI is InChI=1S/C24H32N10O10P2S2/c1-24(2,3)48-46(38)40-4-10-14(35)17(23(41-10)34-9-32-13-19(26)28-7-30-21(13)34)43-45(37,47)39-5-11-16(44-46)15(36)22(42-11)33-8-31-12-18(25)27-6-29-20(12)33/h6-11,14-17,22-23,35-36H,4-5H2,1-3H3,(H,37,47)(H2,25,27,29)(H2,26,28,30)/t10-,11-,14-,15-,16-,17-,22-,23-,45?,46+/m1/s1. The van der Waals surface area contributed by atoms with E-state index in [4.69, 9.17) is 50.8 Å². The molecule has 48 heavy (non-hydrogen) atoms. The van der Waals surface area contributed by atoms with E-state index in [1.807, 2.05) is 0 Å². The predicted octanol–water partition coefficient (Wildman–Crippen LogP) is 1.02. The third-order valence-electron chi connectivity index (χ3n) is 7.63. The number of imidazole rings is 2. The van der Waals surface area contributed by atoms with Gasteiger partial charge in [-0.15, -0.1) is 0 Å². The van der Waals surface area contributed by atoms with Gasteiger partial charge in [-0.2, -0.15) is 0 Å². The van der Waals surface area contributed by atoms with Crippen molar-refractivity contribution in [2.45, 2.75) is 74.6 Å². The van der Waals surface area contributed by atoms with E-state index in [2.05, 4.69) is 29.9 Å². The Kier molecular flexibility index (Phi) is 8.80. The Morgan fingerprint density at radius 2 is 1.40 bits per heavy atom. The SMILES string of the molecule is CC(C)(C)S[P@@]1(=O)OC[C@H]2O[C@@H](n3cnc4c(N)ncnc43)[C@H](OP(O)(=S)OC[C@H]3O[C@@H](n4cnc5c(N)ncnc54)[C@H](O)[C@@H]3O1)[C@@H]2O. The van der Waals surface area contributed by atoms with Crippen molar-refractivity contribution in [2.75, 3.05) is 24.7 Å². The first-order valence-corrected chi connectivity index (χ1v) is 20.0. The molecule has 0 saturated carbocycles. The van der Waals surface area contributed by atoms with E-state index in [0.717, 1.165) is 11.4 Å². The van der Waals surface area contributed by atoms with Crippen LogP contribution in [0.3, 0.4) is 0 Å². The van der Waals surface area contributed by atoms with Gasteiger partial charge in [-0.05, 0) is 23.2 Å². The predicted molar refractivity (Wildman–Crippen MR) is 172 cm³/mol. The number of hydrogen-bond donors (Lipinski definition) is 5. The second-order valence-electron chi connectivity index (χ2n) is 12.1. The van der Waals surface area contributed by atoms with E-state index in [9.17, 15) is 19.7 Å². The first-order valence-electron chi connectivity index (χ1n) is 14.5. The number of aromatic nitrogens is 8. The number of nitrogens with zero attached hydrogens (tertiary/aromatic N) is 8. The van der Waals surface area contributed by atoms with Crippen molar-refractivity contribution in [3.63, 3.8) is 0 Å². The third kappa shape index (κ3) is 6.34. The average molecular weight is 747 g/mol. The van der Waals surface area contributed by atoms with Gasteiger partial charge in [-0.1, -0.05) is 20.8 Å². The van der Waals surface area contributed by atoms with Crippen molar-refractivity contribution in [2.24, 2.45) is 0 Å². The zero-order chi connectivity index (χ0) is 34.2. The van der Waals surface area contributed by atoms with Crippen molar-refractivity contribution in [1.82, 2.24) is 39.0 Å². The lowest BCUT2D eigenvalue weighted by Crippen LogP contribution is -2.36. The lowest BCUT2D eigenvalue weighted by atomic mass is 10.1. The van der Waals surface area contributed by atoms with Crippen molar-refractivity contribution < 1.29 is 47.2 Å². The van der Waals surface area contributed by atoms with Crippen LogP contribution in [0.4, 0.5) is 11.6 Å². The maximum atomic E-state index is 14.5. The lowest BCUT2D eigenvalue weighted by Gasteiger charge is -2.30. The molecule has 3 fully saturated rings. The number of nitrogens with two attached hydrogens (primary N) is 2. The summed E-state index contributed by atoms with van der Waals surface area (Å²) in [6.07, 6.45) is -5.19. The molecule has 4 aromatic heterocycles. The Morgan fingerprint density at radius 1 is 0.833 bits per heavy atom. The molecule has 7 N–H and O–H groups in total. The Morgan fingerprint density at radius 3 is 2.00 bits per heavy atom. The molecular formula is C24H32N10O10P2S2. The van der Waals surface area contributed by atoms with Crippen LogP contribution >= 0.6 is 24.9 Å². The number of rotatable bonds is 3. The molecule has 1 unspecified atom stereocenters. The van der Waals surface area contributed by atoms with Crippen LogP contribution in [-0.2, 0) is 43.9 Å². The summed E-state index contributed by atoms with van der Waals surface area (Å²) in [5.74, 6) is 0.221. The monoisotopic (exact) mass is 746 g/mol. The number of ether oxygens (including phenoxy) is 2.